The van der Waals surface area contributed by atoms with Gasteiger partial charge in [-0.3, -0.25) is 14.6 Å². The van der Waals surface area contributed by atoms with Gasteiger partial charge in [0.1, 0.15) is 11.6 Å². The van der Waals surface area contributed by atoms with Gasteiger partial charge in [-0.1, -0.05) is 48.5 Å². The van der Waals surface area contributed by atoms with E-state index in [1.165, 1.54) is 29.2 Å². The summed E-state index contributed by atoms with van der Waals surface area (Å²) >= 11 is 0. The third-order valence-corrected chi connectivity index (χ3v) is 13.7. The summed E-state index contributed by atoms with van der Waals surface area (Å²) < 4.78 is 90.9. The largest absolute Gasteiger partial charge is 0.415 e. The number of aromatic nitrogens is 4. The molecule has 2 spiro atoms. The van der Waals surface area contributed by atoms with Crippen LogP contribution in [0.2, 0.25) is 0 Å². The number of alkyl halides is 4. The number of para-hydroxylation sites is 2. The SMILES string of the molecule is CC(=O)N1CCC2(CC1)CN(C(=O)N(Cc1ccc(-c3nnc(C(F)F)o3)cc1F)c1ccccc1)C2.O=C(N1CC2(CCNCC2)C1)N(Cc1ccc(-c2nnc(C(F)F)o2)cc1F)c1ccccc1. The number of nitrogens with zero attached hydrogens (tertiary/aromatic N) is 9. The molecule has 21 heteroatoms. The van der Waals surface area contributed by atoms with Crippen molar-refractivity contribution in [3.63, 3.8) is 0 Å². The lowest BCUT2D eigenvalue weighted by molar-refractivity contribution is -0.133. The number of likely N-dealkylation sites (tertiary alicyclic amines) is 3. The lowest BCUT2D eigenvalue weighted by Gasteiger charge is -2.54. The van der Waals surface area contributed by atoms with E-state index in [0.29, 0.717) is 50.6 Å². The normalized spacial score (nSPS) is 16.9. The third kappa shape index (κ3) is 10.7. The molecule has 6 heterocycles. The van der Waals surface area contributed by atoms with Crippen molar-refractivity contribution in [2.24, 2.45) is 10.8 Å². The summed E-state index contributed by atoms with van der Waals surface area (Å²) in [5, 5.41) is 17.0. The van der Waals surface area contributed by atoms with Crippen LogP contribution in [0, 0.1) is 22.5 Å². The second-order valence-electron chi connectivity index (χ2n) is 18.5. The molecule has 4 saturated heterocycles. The van der Waals surface area contributed by atoms with Crippen molar-refractivity contribution in [2.45, 2.75) is 58.5 Å². The maximum absolute atomic E-state index is 15.1. The van der Waals surface area contributed by atoms with E-state index in [1.807, 2.05) is 46.2 Å². The number of piperidine rings is 2. The number of hydrogen-bond donors (Lipinski definition) is 1. The van der Waals surface area contributed by atoms with E-state index in [9.17, 15) is 31.9 Å². The highest BCUT2D eigenvalue weighted by Gasteiger charge is 2.49. The number of carbonyl (C=O) groups is 3. The zero-order valence-corrected chi connectivity index (χ0v) is 38.6. The number of benzene rings is 4. The van der Waals surface area contributed by atoms with E-state index in [4.69, 9.17) is 8.83 Å². The van der Waals surface area contributed by atoms with Crippen molar-refractivity contribution >= 4 is 29.3 Å². The van der Waals surface area contributed by atoms with Crippen LogP contribution in [-0.2, 0) is 17.9 Å². The molecule has 4 aromatic carbocycles. The number of anilines is 2. The Kier molecular flexibility index (Phi) is 14.1. The molecule has 0 bridgehead atoms. The molecule has 0 unspecified atom stereocenters. The molecule has 71 heavy (non-hydrogen) atoms. The van der Waals surface area contributed by atoms with Crippen LogP contribution in [0.15, 0.2) is 106 Å². The van der Waals surface area contributed by atoms with Gasteiger partial charge in [0.15, 0.2) is 0 Å². The first-order valence-electron chi connectivity index (χ1n) is 23.2. The number of amides is 5. The van der Waals surface area contributed by atoms with Crippen molar-refractivity contribution < 1.29 is 49.6 Å². The van der Waals surface area contributed by atoms with E-state index < -0.39 is 36.3 Å². The monoisotopic (exact) mass is 984 g/mol. The summed E-state index contributed by atoms with van der Waals surface area (Å²) in [6.45, 7) is 7.44. The molecule has 1 N–H and O–H groups in total. The van der Waals surface area contributed by atoms with Crippen LogP contribution in [0.3, 0.4) is 0 Å². The van der Waals surface area contributed by atoms with Crippen molar-refractivity contribution in [2.75, 3.05) is 62.2 Å². The highest BCUT2D eigenvalue weighted by molar-refractivity contribution is 5.93. The number of nitrogens with one attached hydrogen (secondary N) is 1. The summed E-state index contributed by atoms with van der Waals surface area (Å²) in [7, 11) is 0. The van der Waals surface area contributed by atoms with Crippen LogP contribution in [0.1, 0.15) is 68.4 Å². The molecule has 6 aromatic rings. The van der Waals surface area contributed by atoms with Gasteiger partial charge in [0.2, 0.25) is 17.7 Å². The summed E-state index contributed by atoms with van der Waals surface area (Å²) in [5.74, 6) is -3.20. The zero-order valence-electron chi connectivity index (χ0n) is 38.6. The predicted octanol–water partition coefficient (Wildman–Crippen LogP) is 9.51. The smallest absolute Gasteiger partial charge is 0.324 e. The summed E-state index contributed by atoms with van der Waals surface area (Å²) in [6.07, 6.45) is -2.04. The minimum Gasteiger partial charge on any atom is -0.415 e. The molecule has 4 aliphatic heterocycles. The van der Waals surface area contributed by atoms with Crippen molar-refractivity contribution in [3.05, 3.63) is 132 Å². The fourth-order valence-electron chi connectivity index (χ4n) is 9.62. The first-order chi connectivity index (χ1) is 34.2. The Balaban J connectivity index is 0.000000176. The van der Waals surface area contributed by atoms with Crippen molar-refractivity contribution in [3.8, 4) is 22.9 Å². The fraction of sp³-hybridized carbons (Fsp3) is 0.380. The van der Waals surface area contributed by atoms with Gasteiger partial charge in [-0.05, 0) is 87.3 Å². The molecule has 0 saturated carbocycles. The Morgan fingerprint density at radius 1 is 0.592 bits per heavy atom. The van der Waals surface area contributed by atoms with Crippen LogP contribution in [-0.4, -0.2) is 105 Å². The number of halogens is 6. The Morgan fingerprint density at radius 2 is 1.00 bits per heavy atom. The molecule has 4 fully saturated rings. The van der Waals surface area contributed by atoms with Gasteiger partial charge in [0.05, 0.1) is 13.1 Å². The molecule has 2 aromatic heterocycles. The minimum absolute atomic E-state index is 0.0119. The van der Waals surface area contributed by atoms with Gasteiger partial charge in [-0.25, -0.2) is 18.4 Å². The van der Waals surface area contributed by atoms with E-state index in [-0.39, 0.29) is 75.9 Å². The van der Waals surface area contributed by atoms with Crippen LogP contribution in [0.4, 0.5) is 47.3 Å². The lowest BCUT2D eigenvalue weighted by atomic mass is 9.72. The number of hydrogen-bond acceptors (Lipinski definition) is 10. The van der Waals surface area contributed by atoms with Crippen LogP contribution in [0.25, 0.3) is 22.9 Å². The zero-order chi connectivity index (χ0) is 49.9. The van der Waals surface area contributed by atoms with E-state index in [2.05, 4.69) is 25.7 Å². The molecule has 4 aliphatic rings. The summed E-state index contributed by atoms with van der Waals surface area (Å²) in [6, 6.07) is 26.0. The standard InChI is InChI=1S/C26H26F3N5O3.C24H24F3N5O2/c1-17(35)32-11-9-26(10-12-32)15-33(16-26)25(36)34(20-5-3-2-4-6-20)14-19-8-7-18(13-21(19)27)23-30-31-24(37-23)22(28)29;25-19-12-16(21-29-30-22(34-21)20(26)27)6-7-17(19)13-32(18-4-2-1-3-5-18)23(33)31-14-24(15-31)8-10-28-11-9-24/h2-8,13,22H,9-12,14-16H2,1H3;1-7,12,20,28H,8-11,13-15H2. The average Bonchev–Trinajstić information content (AvgIpc) is 4.07. The number of rotatable bonds is 10. The Bertz CT molecular complexity index is 2820. The molecular formula is C50H50F6N10O5. The quantitative estimate of drug-likeness (QED) is 0.131. The van der Waals surface area contributed by atoms with Crippen molar-refractivity contribution in [1.82, 2.24) is 40.4 Å². The maximum atomic E-state index is 15.1. The van der Waals surface area contributed by atoms with E-state index >= 15 is 8.78 Å². The minimum atomic E-state index is -2.92. The van der Waals surface area contributed by atoms with Gasteiger partial charge < -0.3 is 28.9 Å². The van der Waals surface area contributed by atoms with Gasteiger partial charge >= 0.3 is 24.9 Å². The lowest BCUT2D eigenvalue weighted by Crippen LogP contribution is -2.64. The topological polar surface area (TPSA) is 157 Å². The number of urea groups is 2. The molecule has 5 amide bonds. The first kappa shape index (κ1) is 48.7. The molecule has 0 atom stereocenters. The molecule has 10 rings (SSSR count). The second kappa shape index (κ2) is 20.6. The van der Waals surface area contributed by atoms with Gasteiger partial charge in [-0.2, -0.15) is 17.6 Å². The highest BCUT2D eigenvalue weighted by Crippen LogP contribution is 2.42. The first-order valence-corrected chi connectivity index (χ1v) is 23.2. The molecule has 0 radical (unpaired) electrons. The molecule has 0 aliphatic carbocycles. The molecular weight excluding hydrogens is 935 g/mol. The summed E-state index contributed by atoms with van der Waals surface area (Å²) in [4.78, 5) is 47.1. The van der Waals surface area contributed by atoms with Crippen molar-refractivity contribution in [1.29, 1.82) is 0 Å². The molecule has 15 nitrogen and oxygen atoms in total. The Labute approximate surface area is 404 Å². The highest BCUT2D eigenvalue weighted by atomic mass is 19.3. The van der Waals surface area contributed by atoms with Crippen LogP contribution < -0.4 is 15.1 Å². The maximum Gasteiger partial charge on any atom is 0.324 e. The Morgan fingerprint density at radius 3 is 1.37 bits per heavy atom. The Hall–Kier alpha value is -7.29. The van der Waals surface area contributed by atoms with Gasteiger partial charge in [0, 0.05) is 90.7 Å². The van der Waals surface area contributed by atoms with E-state index in [0.717, 1.165) is 50.9 Å². The molecule has 372 valence electrons. The predicted molar refractivity (Wildman–Crippen MR) is 247 cm³/mol. The van der Waals surface area contributed by atoms with Crippen LogP contribution >= 0.6 is 0 Å². The second-order valence-corrected chi connectivity index (χ2v) is 18.5. The van der Waals surface area contributed by atoms with Gasteiger partial charge in [0.25, 0.3) is 11.8 Å². The fourth-order valence-corrected chi connectivity index (χ4v) is 9.62. The van der Waals surface area contributed by atoms with E-state index in [1.54, 1.807) is 41.0 Å². The average molecular weight is 985 g/mol. The number of carbonyl (C=O) groups excluding carboxylic acids is 3. The van der Waals surface area contributed by atoms with Gasteiger partial charge in [-0.15, -0.1) is 20.4 Å². The summed E-state index contributed by atoms with van der Waals surface area (Å²) in [5.41, 5.74) is 2.37. The third-order valence-electron chi connectivity index (χ3n) is 13.7. The van der Waals surface area contributed by atoms with Crippen LogP contribution in [0.5, 0.6) is 0 Å².